The quantitative estimate of drug-likeness (QED) is 0.657. The van der Waals surface area contributed by atoms with E-state index in [9.17, 15) is 14.9 Å². The summed E-state index contributed by atoms with van der Waals surface area (Å²) in [4.78, 5) is 27.2. The lowest BCUT2D eigenvalue weighted by molar-refractivity contribution is -0.383. The average Bonchev–Trinajstić information content (AvgIpc) is 3.09. The molecule has 7 nitrogen and oxygen atoms in total. The van der Waals surface area contributed by atoms with Crippen molar-refractivity contribution < 1.29 is 9.72 Å². The smallest absolute Gasteiger partial charge is 0.293 e. The Bertz CT molecular complexity index is 808. The Morgan fingerprint density at radius 2 is 2.00 bits per heavy atom. The summed E-state index contributed by atoms with van der Waals surface area (Å²) >= 11 is 1.45. The molecule has 0 fully saturated rings. The number of amides is 1. The minimum Gasteiger partial charge on any atom is -0.350 e. The number of anilines is 2. The van der Waals surface area contributed by atoms with E-state index in [1.165, 1.54) is 23.9 Å². The fraction of sp³-hybridized carbons (Fsp3) is 0.125. The monoisotopic (exact) mass is 342 g/mol. The van der Waals surface area contributed by atoms with E-state index >= 15 is 0 Å². The number of nitrogens with one attached hydrogen (secondary N) is 2. The molecule has 1 aliphatic heterocycles. The van der Waals surface area contributed by atoms with Crippen molar-refractivity contribution >= 4 is 39.9 Å². The molecule has 0 aromatic heterocycles. The lowest BCUT2D eigenvalue weighted by atomic mass is 10.1. The van der Waals surface area contributed by atoms with Gasteiger partial charge in [0.1, 0.15) is 5.69 Å². The Kier molecular flexibility index (Phi) is 4.76. The summed E-state index contributed by atoms with van der Waals surface area (Å²) in [6.45, 7) is 0.667. The van der Waals surface area contributed by atoms with Crippen LogP contribution in [-0.2, 0) is 0 Å². The molecule has 8 heteroatoms. The van der Waals surface area contributed by atoms with Crippen LogP contribution in [0.5, 0.6) is 0 Å². The van der Waals surface area contributed by atoms with E-state index in [4.69, 9.17) is 0 Å². The largest absolute Gasteiger partial charge is 0.350 e. The maximum Gasteiger partial charge on any atom is 0.293 e. The van der Waals surface area contributed by atoms with Crippen LogP contribution in [0.3, 0.4) is 0 Å². The molecule has 24 heavy (non-hydrogen) atoms. The highest BCUT2D eigenvalue weighted by atomic mass is 32.2. The minimum atomic E-state index is -0.510. The fourth-order valence-corrected chi connectivity index (χ4v) is 2.91. The van der Waals surface area contributed by atoms with Gasteiger partial charge in [-0.1, -0.05) is 30.0 Å². The van der Waals surface area contributed by atoms with Crippen LogP contribution < -0.4 is 10.6 Å². The maximum atomic E-state index is 12.2. The Labute approximate surface area is 142 Å². The molecule has 122 valence electrons. The van der Waals surface area contributed by atoms with Crippen molar-refractivity contribution in [2.75, 3.05) is 17.6 Å². The Hall–Kier alpha value is -2.87. The van der Waals surface area contributed by atoms with Crippen molar-refractivity contribution in [1.82, 2.24) is 5.32 Å². The number of nitro benzene ring substituents is 1. The van der Waals surface area contributed by atoms with Gasteiger partial charge < -0.3 is 10.6 Å². The first-order chi connectivity index (χ1) is 11.6. The molecule has 0 spiro atoms. The molecular weight excluding hydrogens is 328 g/mol. The second kappa shape index (κ2) is 7.14. The first-order valence-corrected chi connectivity index (χ1v) is 8.21. The first-order valence-electron chi connectivity index (χ1n) is 7.22. The number of nitro groups is 1. The number of carbonyl (C=O) groups is 1. The minimum absolute atomic E-state index is 0.160. The Balaban J connectivity index is 1.84. The number of hydrogen-bond donors (Lipinski definition) is 2. The number of thioether (sulfide) groups is 1. The molecule has 2 N–H and O–H groups in total. The normalized spacial score (nSPS) is 13.2. The molecule has 0 saturated heterocycles. The van der Waals surface area contributed by atoms with Crippen LogP contribution in [0, 0.1) is 10.1 Å². The van der Waals surface area contributed by atoms with Gasteiger partial charge in [0, 0.05) is 23.1 Å². The van der Waals surface area contributed by atoms with Crippen molar-refractivity contribution in [3.05, 3.63) is 64.2 Å². The first kappa shape index (κ1) is 16.0. The van der Waals surface area contributed by atoms with Crippen molar-refractivity contribution in [3.63, 3.8) is 0 Å². The molecular formula is C16H14N4O3S. The topological polar surface area (TPSA) is 96.6 Å². The fourth-order valence-electron chi connectivity index (χ4n) is 2.19. The molecule has 3 rings (SSSR count). The van der Waals surface area contributed by atoms with Crippen LogP contribution in [0.25, 0.3) is 0 Å². The molecule has 1 heterocycles. The summed E-state index contributed by atoms with van der Waals surface area (Å²) in [5.41, 5.74) is 1.12. The van der Waals surface area contributed by atoms with Gasteiger partial charge in [-0.3, -0.25) is 19.9 Å². The Morgan fingerprint density at radius 1 is 1.21 bits per heavy atom. The summed E-state index contributed by atoms with van der Waals surface area (Å²) in [6, 6.07) is 13.5. The lowest BCUT2D eigenvalue weighted by Crippen LogP contribution is -2.27. The van der Waals surface area contributed by atoms with E-state index in [1.54, 1.807) is 18.2 Å². The van der Waals surface area contributed by atoms with Crippen molar-refractivity contribution in [2.24, 2.45) is 4.99 Å². The SMILES string of the molecule is O=C(NC1=NCCS1)c1ccc(Nc2ccccc2)c([N+](=O)[O-])c1. The summed E-state index contributed by atoms with van der Waals surface area (Å²) in [5.74, 6) is 0.424. The van der Waals surface area contributed by atoms with Gasteiger partial charge in [-0.15, -0.1) is 0 Å². The second-order valence-electron chi connectivity index (χ2n) is 4.97. The number of benzene rings is 2. The van der Waals surface area contributed by atoms with E-state index in [0.29, 0.717) is 17.4 Å². The Morgan fingerprint density at radius 3 is 2.67 bits per heavy atom. The molecule has 0 atom stereocenters. The van der Waals surface area contributed by atoms with E-state index in [1.807, 2.05) is 18.2 Å². The van der Waals surface area contributed by atoms with Gasteiger partial charge >= 0.3 is 0 Å². The zero-order valence-corrected chi connectivity index (χ0v) is 13.4. The number of aliphatic imine (C=N–C) groups is 1. The molecule has 0 unspecified atom stereocenters. The summed E-state index contributed by atoms with van der Waals surface area (Å²) in [7, 11) is 0. The van der Waals surface area contributed by atoms with Gasteiger partial charge in [0.05, 0.1) is 11.5 Å². The highest BCUT2D eigenvalue weighted by molar-refractivity contribution is 8.14. The lowest BCUT2D eigenvalue weighted by Gasteiger charge is -2.09. The van der Waals surface area contributed by atoms with Crippen molar-refractivity contribution in [2.45, 2.75) is 0 Å². The molecule has 0 bridgehead atoms. The molecule has 0 radical (unpaired) electrons. The van der Waals surface area contributed by atoms with E-state index < -0.39 is 10.8 Å². The maximum absolute atomic E-state index is 12.2. The van der Waals surface area contributed by atoms with Crippen LogP contribution in [0.15, 0.2) is 53.5 Å². The van der Waals surface area contributed by atoms with Gasteiger partial charge in [-0.2, -0.15) is 0 Å². The number of amidine groups is 1. The third-order valence-electron chi connectivity index (χ3n) is 3.32. The molecule has 1 amide bonds. The van der Waals surface area contributed by atoms with Crippen LogP contribution in [-0.4, -0.2) is 28.3 Å². The number of para-hydroxylation sites is 1. The van der Waals surface area contributed by atoms with Gasteiger partial charge in [-0.05, 0) is 24.3 Å². The average molecular weight is 342 g/mol. The number of carbonyl (C=O) groups excluding carboxylic acids is 1. The third kappa shape index (κ3) is 3.72. The number of nitrogens with zero attached hydrogens (tertiary/aromatic N) is 2. The zero-order valence-electron chi connectivity index (χ0n) is 12.6. The highest BCUT2D eigenvalue weighted by Crippen LogP contribution is 2.28. The molecule has 0 saturated carbocycles. The number of hydrogen-bond acceptors (Lipinski definition) is 6. The van der Waals surface area contributed by atoms with Crippen molar-refractivity contribution in [1.29, 1.82) is 0 Å². The van der Waals surface area contributed by atoms with E-state index in [-0.39, 0.29) is 11.3 Å². The highest BCUT2D eigenvalue weighted by Gasteiger charge is 2.19. The zero-order chi connectivity index (χ0) is 16.9. The van der Waals surface area contributed by atoms with Crippen LogP contribution in [0.2, 0.25) is 0 Å². The van der Waals surface area contributed by atoms with Gasteiger partial charge in [0.25, 0.3) is 11.6 Å². The summed E-state index contributed by atoms with van der Waals surface area (Å²) in [6.07, 6.45) is 0. The molecule has 1 aliphatic rings. The van der Waals surface area contributed by atoms with Crippen LogP contribution in [0.4, 0.5) is 17.1 Å². The van der Waals surface area contributed by atoms with Gasteiger partial charge in [-0.25, -0.2) is 0 Å². The molecule has 0 aliphatic carbocycles. The standard InChI is InChI=1S/C16H14N4O3S/c21-15(19-16-17-8-9-24-16)11-6-7-13(14(10-11)20(22)23)18-12-4-2-1-3-5-12/h1-7,10,18H,8-9H2,(H,17,19,21). The van der Waals surface area contributed by atoms with Gasteiger partial charge in [0.2, 0.25) is 0 Å². The van der Waals surface area contributed by atoms with E-state index in [0.717, 1.165) is 11.4 Å². The van der Waals surface area contributed by atoms with Crippen LogP contribution in [0.1, 0.15) is 10.4 Å². The molecule has 2 aromatic rings. The third-order valence-corrected chi connectivity index (χ3v) is 4.21. The summed E-state index contributed by atoms with van der Waals surface area (Å²) < 4.78 is 0. The number of rotatable bonds is 4. The van der Waals surface area contributed by atoms with Gasteiger partial charge in [0.15, 0.2) is 5.17 Å². The van der Waals surface area contributed by atoms with E-state index in [2.05, 4.69) is 15.6 Å². The van der Waals surface area contributed by atoms with Crippen LogP contribution >= 0.6 is 11.8 Å². The predicted molar refractivity (Wildman–Crippen MR) is 95.0 cm³/mol. The van der Waals surface area contributed by atoms with Crippen molar-refractivity contribution in [3.8, 4) is 0 Å². The predicted octanol–water partition coefficient (Wildman–Crippen LogP) is 3.17. The molecule has 2 aromatic carbocycles. The second-order valence-corrected chi connectivity index (χ2v) is 6.05. The summed E-state index contributed by atoms with van der Waals surface area (Å²) in [5, 5.41) is 17.5.